The van der Waals surface area contributed by atoms with Crippen molar-refractivity contribution in [1.29, 1.82) is 0 Å². The summed E-state index contributed by atoms with van der Waals surface area (Å²) in [6, 6.07) is 7.18. The number of benzene rings is 1. The Morgan fingerprint density at radius 2 is 2.12 bits per heavy atom. The van der Waals surface area contributed by atoms with E-state index in [1.54, 1.807) is 21.6 Å². The molecule has 1 aromatic carbocycles. The van der Waals surface area contributed by atoms with Gasteiger partial charge in [0.25, 0.3) is 5.91 Å². The first-order valence-electron chi connectivity index (χ1n) is 8.51. The lowest BCUT2D eigenvalue weighted by Gasteiger charge is -2.29. The van der Waals surface area contributed by atoms with Gasteiger partial charge in [-0.1, -0.05) is 18.2 Å². The van der Waals surface area contributed by atoms with Crippen molar-refractivity contribution in [3.8, 4) is 0 Å². The van der Waals surface area contributed by atoms with Crippen LogP contribution in [0.3, 0.4) is 0 Å². The first-order valence-corrected chi connectivity index (χ1v) is 9.49. The number of carbonyl (C=O) groups is 3. The van der Waals surface area contributed by atoms with Crippen LogP contribution in [0.5, 0.6) is 0 Å². The normalized spacial score (nSPS) is 27.4. The Balaban J connectivity index is 1.38. The quantitative estimate of drug-likeness (QED) is 0.766. The van der Waals surface area contributed by atoms with Gasteiger partial charge in [0.05, 0.1) is 4.87 Å². The summed E-state index contributed by atoms with van der Waals surface area (Å²) in [5.41, 5.74) is 2.02. The Labute approximate surface area is 150 Å². The zero-order valence-corrected chi connectivity index (χ0v) is 14.9. The van der Waals surface area contributed by atoms with Gasteiger partial charge in [0.15, 0.2) is 6.61 Å². The maximum absolute atomic E-state index is 12.4. The molecule has 132 valence electrons. The summed E-state index contributed by atoms with van der Waals surface area (Å²) in [6.07, 6.45) is 2.04. The molecular formula is C18H20N2O4S. The van der Waals surface area contributed by atoms with E-state index in [-0.39, 0.29) is 23.3 Å². The third-order valence-electron chi connectivity index (χ3n) is 5.24. The fourth-order valence-electron chi connectivity index (χ4n) is 3.90. The largest absolute Gasteiger partial charge is 0.454 e. The summed E-state index contributed by atoms with van der Waals surface area (Å²) >= 11 is 1.61. The van der Waals surface area contributed by atoms with E-state index in [0.29, 0.717) is 18.7 Å². The van der Waals surface area contributed by atoms with E-state index in [0.717, 1.165) is 24.1 Å². The number of carbonyl (C=O) groups excluding carboxylic acids is 3. The molecule has 0 aliphatic carbocycles. The average molecular weight is 360 g/mol. The lowest BCUT2D eigenvalue weighted by molar-refractivity contribution is -0.155. The minimum absolute atomic E-state index is 0.00533. The molecule has 2 amide bonds. The van der Waals surface area contributed by atoms with Crippen molar-refractivity contribution < 1.29 is 19.1 Å². The van der Waals surface area contributed by atoms with E-state index in [2.05, 4.69) is 0 Å². The van der Waals surface area contributed by atoms with Crippen molar-refractivity contribution in [3.05, 3.63) is 29.8 Å². The molecule has 7 heteroatoms. The van der Waals surface area contributed by atoms with Gasteiger partial charge in [0, 0.05) is 24.4 Å². The van der Waals surface area contributed by atoms with Crippen molar-refractivity contribution in [2.75, 3.05) is 23.8 Å². The van der Waals surface area contributed by atoms with Crippen LogP contribution in [0.15, 0.2) is 24.3 Å². The van der Waals surface area contributed by atoms with Crippen LogP contribution in [0, 0.1) is 0 Å². The predicted molar refractivity (Wildman–Crippen MR) is 94.2 cm³/mol. The second-order valence-electron chi connectivity index (χ2n) is 6.80. The molecule has 2 atom stereocenters. The van der Waals surface area contributed by atoms with Gasteiger partial charge in [-0.15, -0.1) is 11.8 Å². The number of hydrogen-bond acceptors (Lipinski definition) is 5. The highest BCUT2D eigenvalue weighted by atomic mass is 32.2. The van der Waals surface area contributed by atoms with Gasteiger partial charge < -0.3 is 14.5 Å². The number of ether oxygens (including phenoxy) is 1. The van der Waals surface area contributed by atoms with Crippen molar-refractivity contribution in [1.82, 2.24) is 4.90 Å². The smallest absolute Gasteiger partial charge is 0.330 e. The molecule has 4 rings (SSSR count). The Morgan fingerprint density at radius 3 is 2.96 bits per heavy atom. The fraction of sp³-hybridized carbons (Fsp3) is 0.500. The molecule has 1 aromatic rings. The third-order valence-corrected chi connectivity index (χ3v) is 6.75. The van der Waals surface area contributed by atoms with Gasteiger partial charge in [0.2, 0.25) is 5.91 Å². The molecule has 0 spiro atoms. The molecule has 0 N–H and O–H groups in total. The molecule has 2 saturated heterocycles. The lowest BCUT2D eigenvalue weighted by Crippen LogP contribution is -2.47. The SMILES string of the molecule is C[C@@]12CCC(=O)N1[C@@H](C(=O)OCC(=O)N1CCc3ccccc31)CS2. The fourth-order valence-corrected chi connectivity index (χ4v) is 5.32. The number of rotatable bonds is 3. The van der Waals surface area contributed by atoms with E-state index in [1.165, 1.54) is 0 Å². The molecule has 0 aromatic heterocycles. The number of fused-ring (bicyclic) bond motifs is 2. The van der Waals surface area contributed by atoms with Crippen molar-refractivity contribution in [2.24, 2.45) is 0 Å². The molecule has 3 aliphatic rings. The van der Waals surface area contributed by atoms with E-state index >= 15 is 0 Å². The molecular weight excluding hydrogens is 340 g/mol. The monoisotopic (exact) mass is 360 g/mol. The number of nitrogens with zero attached hydrogens (tertiary/aromatic N) is 2. The molecule has 0 radical (unpaired) electrons. The summed E-state index contributed by atoms with van der Waals surface area (Å²) in [5, 5.41) is 0. The average Bonchev–Trinajstić information content (AvgIpc) is 3.26. The molecule has 0 unspecified atom stereocenters. The maximum Gasteiger partial charge on any atom is 0.330 e. The molecule has 3 aliphatic heterocycles. The summed E-state index contributed by atoms with van der Waals surface area (Å²) in [7, 11) is 0. The van der Waals surface area contributed by atoms with Crippen molar-refractivity contribution in [3.63, 3.8) is 0 Å². The number of para-hydroxylation sites is 1. The second kappa shape index (κ2) is 6.05. The zero-order valence-electron chi connectivity index (χ0n) is 14.1. The first kappa shape index (κ1) is 16.4. The Morgan fingerprint density at radius 1 is 1.32 bits per heavy atom. The van der Waals surface area contributed by atoms with Gasteiger partial charge in [-0.25, -0.2) is 4.79 Å². The van der Waals surface area contributed by atoms with E-state index < -0.39 is 12.0 Å². The molecule has 3 heterocycles. The molecule has 0 bridgehead atoms. The zero-order chi connectivity index (χ0) is 17.6. The maximum atomic E-state index is 12.4. The third kappa shape index (κ3) is 2.70. The summed E-state index contributed by atoms with van der Waals surface area (Å²) in [5.74, 6) is -0.178. The molecule has 6 nitrogen and oxygen atoms in total. The predicted octanol–water partition coefficient (Wildman–Crippen LogP) is 1.57. The Bertz CT molecular complexity index is 752. The summed E-state index contributed by atoms with van der Waals surface area (Å²) in [6.45, 7) is 2.31. The number of anilines is 1. The van der Waals surface area contributed by atoms with Gasteiger partial charge in [-0.3, -0.25) is 9.59 Å². The minimum Gasteiger partial charge on any atom is -0.454 e. The minimum atomic E-state index is -0.580. The summed E-state index contributed by atoms with van der Waals surface area (Å²) < 4.78 is 5.28. The van der Waals surface area contributed by atoms with Crippen molar-refractivity contribution >= 4 is 35.2 Å². The number of esters is 1. The number of amides is 2. The molecule has 0 saturated carbocycles. The van der Waals surface area contributed by atoms with E-state index in [4.69, 9.17) is 4.74 Å². The van der Waals surface area contributed by atoms with Crippen LogP contribution >= 0.6 is 11.8 Å². The van der Waals surface area contributed by atoms with Crippen LogP contribution < -0.4 is 4.90 Å². The summed E-state index contributed by atoms with van der Waals surface area (Å²) in [4.78, 5) is 40.0. The van der Waals surface area contributed by atoms with Crippen LogP contribution in [0.2, 0.25) is 0 Å². The number of thioether (sulfide) groups is 1. The molecule has 2 fully saturated rings. The van der Waals surface area contributed by atoms with Gasteiger partial charge in [0.1, 0.15) is 6.04 Å². The highest BCUT2D eigenvalue weighted by Crippen LogP contribution is 2.47. The molecule has 25 heavy (non-hydrogen) atoms. The van der Waals surface area contributed by atoms with Crippen LogP contribution in [0.25, 0.3) is 0 Å². The van der Waals surface area contributed by atoms with Crippen LogP contribution in [0.4, 0.5) is 5.69 Å². The number of hydrogen-bond donors (Lipinski definition) is 0. The first-order chi connectivity index (χ1) is 12.0. The topological polar surface area (TPSA) is 66.9 Å². The van der Waals surface area contributed by atoms with Crippen LogP contribution in [-0.2, 0) is 25.5 Å². The van der Waals surface area contributed by atoms with E-state index in [9.17, 15) is 14.4 Å². The van der Waals surface area contributed by atoms with Gasteiger partial charge in [-0.05, 0) is 31.4 Å². The van der Waals surface area contributed by atoms with Gasteiger partial charge in [-0.2, -0.15) is 0 Å². The van der Waals surface area contributed by atoms with Crippen molar-refractivity contribution in [2.45, 2.75) is 37.1 Å². The second-order valence-corrected chi connectivity index (χ2v) is 8.30. The van der Waals surface area contributed by atoms with Crippen LogP contribution in [0.1, 0.15) is 25.3 Å². The highest BCUT2D eigenvalue weighted by molar-refractivity contribution is 8.01. The van der Waals surface area contributed by atoms with E-state index in [1.807, 2.05) is 31.2 Å². The Hall–Kier alpha value is -2.02. The highest BCUT2D eigenvalue weighted by Gasteiger charge is 2.53. The Kier molecular flexibility index (Phi) is 3.98. The van der Waals surface area contributed by atoms with Gasteiger partial charge >= 0.3 is 5.97 Å². The van der Waals surface area contributed by atoms with Crippen LogP contribution in [-0.4, -0.2) is 52.5 Å². The standard InChI is InChI=1S/C18H20N2O4S/c1-18-8-6-15(21)20(18)14(11-25-18)17(23)24-10-16(22)19-9-7-12-4-2-3-5-13(12)19/h2-5,14H,6-11H2,1H3/t14-,18-/m1/s1. The lowest BCUT2D eigenvalue weighted by atomic mass is 10.2.